The molecule has 0 radical (unpaired) electrons. The maximum Gasteiger partial charge on any atom is 0.269 e. The van der Waals surface area contributed by atoms with Crippen molar-refractivity contribution >= 4 is 15.6 Å². The lowest BCUT2D eigenvalue weighted by Gasteiger charge is -1.99. The van der Waals surface area contributed by atoms with Gasteiger partial charge >= 0.3 is 0 Å². The smallest absolute Gasteiger partial charge is 0.269 e. The van der Waals surface area contributed by atoms with Crippen molar-refractivity contribution in [2.45, 2.75) is 43.5 Å². The molecule has 0 aliphatic heterocycles. The molecule has 9 heteroatoms. The summed E-state index contributed by atoms with van der Waals surface area (Å²) in [6, 6.07) is 1.82. The third kappa shape index (κ3) is 2.50. The van der Waals surface area contributed by atoms with Crippen molar-refractivity contribution in [1.82, 2.24) is 24.7 Å². The Balaban J connectivity index is 1.73. The number of nitrogens with zero attached hydrogens (tertiary/aromatic N) is 5. The second kappa shape index (κ2) is 4.85. The van der Waals surface area contributed by atoms with Crippen molar-refractivity contribution in [3.63, 3.8) is 0 Å². The standard InChI is InChI=1S/C14H15N5O3S/c1-8-5-9(2)19-13(16-8)17-14(18-19)23(20,21)7-11-6-15-22-12(11)10-3-4-10/h5-6,10H,3-4,7H2,1-2H3. The second-order valence-corrected chi connectivity index (χ2v) is 7.78. The molecule has 0 bridgehead atoms. The summed E-state index contributed by atoms with van der Waals surface area (Å²) in [6.45, 7) is 3.66. The fourth-order valence-electron chi connectivity index (χ4n) is 2.61. The molecular weight excluding hydrogens is 318 g/mol. The van der Waals surface area contributed by atoms with Gasteiger partial charge in [0.2, 0.25) is 9.84 Å². The molecule has 3 heterocycles. The molecule has 1 fully saturated rings. The summed E-state index contributed by atoms with van der Waals surface area (Å²) in [5, 5.41) is 7.61. The van der Waals surface area contributed by atoms with Gasteiger partial charge in [-0.05, 0) is 32.8 Å². The fourth-order valence-corrected chi connectivity index (χ4v) is 3.79. The average molecular weight is 333 g/mol. The molecule has 1 aliphatic rings. The minimum atomic E-state index is -3.69. The Bertz CT molecular complexity index is 1000. The first-order chi connectivity index (χ1) is 10.9. The zero-order chi connectivity index (χ0) is 16.2. The SMILES string of the molecule is Cc1cc(C)n2nc(S(=O)(=O)Cc3cnoc3C3CC3)nc2n1. The van der Waals surface area contributed by atoms with Crippen molar-refractivity contribution < 1.29 is 12.9 Å². The van der Waals surface area contributed by atoms with Crippen LogP contribution in [0.4, 0.5) is 0 Å². The normalized spacial score (nSPS) is 15.4. The highest BCUT2D eigenvalue weighted by molar-refractivity contribution is 7.90. The van der Waals surface area contributed by atoms with Crippen molar-refractivity contribution in [3.05, 3.63) is 35.0 Å². The van der Waals surface area contributed by atoms with E-state index < -0.39 is 9.84 Å². The van der Waals surface area contributed by atoms with Gasteiger partial charge in [-0.25, -0.2) is 17.9 Å². The van der Waals surface area contributed by atoms with Gasteiger partial charge in [-0.15, -0.1) is 5.10 Å². The summed E-state index contributed by atoms with van der Waals surface area (Å²) < 4.78 is 31.9. The van der Waals surface area contributed by atoms with Gasteiger partial charge in [0.05, 0.1) is 11.9 Å². The molecule has 3 aromatic heterocycles. The average Bonchev–Trinajstić information content (AvgIpc) is 3.04. The van der Waals surface area contributed by atoms with Crippen LogP contribution < -0.4 is 0 Å². The number of hydrogen-bond donors (Lipinski definition) is 0. The van der Waals surface area contributed by atoms with Crippen LogP contribution >= 0.6 is 0 Å². The highest BCUT2D eigenvalue weighted by Gasteiger charge is 2.33. The van der Waals surface area contributed by atoms with E-state index in [-0.39, 0.29) is 16.7 Å². The van der Waals surface area contributed by atoms with Gasteiger partial charge in [-0.3, -0.25) is 0 Å². The fraction of sp³-hybridized carbons (Fsp3) is 0.429. The summed E-state index contributed by atoms with van der Waals surface area (Å²) in [4.78, 5) is 8.30. The van der Waals surface area contributed by atoms with Crippen molar-refractivity contribution in [3.8, 4) is 0 Å². The van der Waals surface area contributed by atoms with Crippen LogP contribution in [0.25, 0.3) is 5.78 Å². The molecule has 0 atom stereocenters. The maximum atomic E-state index is 12.6. The first kappa shape index (κ1) is 14.3. The first-order valence-electron chi connectivity index (χ1n) is 7.31. The Hall–Kier alpha value is -2.29. The number of fused-ring (bicyclic) bond motifs is 1. The van der Waals surface area contributed by atoms with E-state index in [1.54, 1.807) is 0 Å². The van der Waals surface area contributed by atoms with Gasteiger partial charge in [0.25, 0.3) is 10.9 Å². The highest BCUT2D eigenvalue weighted by atomic mass is 32.2. The summed E-state index contributed by atoms with van der Waals surface area (Å²) in [6.07, 6.45) is 3.49. The second-order valence-electron chi connectivity index (χ2n) is 5.89. The van der Waals surface area contributed by atoms with E-state index in [0.717, 1.165) is 24.2 Å². The minimum absolute atomic E-state index is 0.211. The van der Waals surface area contributed by atoms with Crippen molar-refractivity contribution in [1.29, 1.82) is 0 Å². The Kier molecular flexibility index (Phi) is 3.02. The van der Waals surface area contributed by atoms with Crippen LogP contribution in [-0.2, 0) is 15.6 Å². The molecule has 0 unspecified atom stereocenters. The Morgan fingerprint density at radius 3 is 2.83 bits per heavy atom. The third-order valence-corrected chi connectivity index (χ3v) is 5.27. The highest BCUT2D eigenvalue weighted by Crippen LogP contribution is 2.42. The molecule has 0 aromatic carbocycles. The molecule has 0 saturated heterocycles. The van der Waals surface area contributed by atoms with E-state index >= 15 is 0 Å². The Labute approximate surface area is 132 Å². The number of aryl methyl sites for hydroxylation is 2. The number of sulfone groups is 1. The van der Waals surface area contributed by atoms with Crippen molar-refractivity contribution in [2.24, 2.45) is 0 Å². The summed E-state index contributed by atoms with van der Waals surface area (Å²) >= 11 is 0. The van der Waals surface area contributed by atoms with Crippen LogP contribution in [0, 0.1) is 13.8 Å². The molecule has 0 spiro atoms. The largest absolute Gasteiger partial charge is 0.361 e. The molecule has 8 nitrogen and oxygen atoms in total. The molecule has 0 amide bonds. The summed E-state index contributed by atoms with van der Waals surface area (Å²) in [5.74, 6) is 1.04. The van der Waals surface area contributed by atoms with E-state index in [1.165, 1.54) is 10.7 Å². The lowest BCUT2D eigenvalue weighted by atomic mass is 10.2. The molecule has 0 N–H and O–H groups in total. The number of aromatic nitrogens is 5. The Morgan fingerprint density at radius 2 is 2.09 bits per heavy atom. The van der Waals surface area contributed by atoms with E-state index in [4.69, 9.17) is 4.52 Å². The minimum Gasteiger partial charge on any atom is -0.361 e. The van der Waals surface area contributed by atoms with Crippen LogP contribution in [0.3, 0.4) is 0 Å². The van der Waals surface area contributed by atoms with Gasteiger partial charge in [0, 0.05) is 22.9 Å². The predicted octanol–water partition coefficient (Wildman–Crippen LogP) is 1.58. The zero-order valence-corrected chi connectivity index (χ0v) is 13.5. The molecule has 1 saturated carbocycles. The van der Waals surface area contributed by atoms with Crippen LogP contribution in [0.15, 0.2) is 21.9 Å². The molecule has 3 aromatic rings. The van der Waals surface area contributed by atoms with Gasteiger partial charge in [0.15, 0.2) is 0 Å². The number of rotatable bonds is 4. The van der Waals surface area contributed by atoms with Crippen molar-refractivity contribution in [2.75, 3.05) is 0 Å². The van der Waals surface area contributed by atoms with Gasteiger partial charge < -0.3 is 4.52 Å². The predicted molar refractivity (Wildman–Crippen MR) is 79.6 cm³/mol. The molecule has 4 rings (SSSR count). The summed E-state index contributed by atoms with van der Waals surface area (Å²) in [7, 11) is -3.69. The molecule has 120 valence electrons. The van der Waals surface area contributed by atoms with Gasteiger partial charge in [-0.2, -0.15) is 4.98 Å². The van der Waals surface area contributed by atoms with E-state index in [1.807, 2.05) is 19.9 Å². The topological polar surface area (TPSA) is 103 Å². The first-order valence-corrected chi connectivity index (χ1v) is 8.96. The third-order valence-electron chi connectivity index (χ3n) is 3.85. The number of hydrogen-bond acceptors (Lipinski definition) is 7. The molecule has 23 heavy (non-hydrogen) atoms. The van der Waals surface area contributed by atoms with E-state index in [9.17, 15) is 8.42 Å². The zero-order valence-electron chi connectivity index (χ0n) is 12.7. The molecular formula is C14H15N5O3S. The lowest BCUT2D eigenvalue weighted by molar-refractivity contribution is 0.383. The monoisotopic (exact) mass is 333 g/mol. The van der Waals surface area contributed by atoms with Gasteiger partial charge in [0.1, 0.15) is 5.76 Å². The van der Waals surface area contributed by atoms with Crippen LogP contribution in [0.1, 0.15) is 41.5 Å². The maximum absolute atomic E-state index is 12.6. The van der Waals surface area contributed by atoms with E-state index in [2.05, 4.69) is 20.2 Å². The Morgan fingerprint density at radius 1 is 1.30 bits per heavy atom. The van der Waals surface area contributed by atoms with Crippen LogP contribution in [0.2, 0.25) is 0 Å². The summed E-state index contributed by atoms with van der Waals surface area (Å²) in [5.41, 5.74) is 2.14. The quantitative estimate of drug-likeness (QED) is 0.714. The van der Waals surface area contributed by atoms with Crippen LogP contribution in [0.5, 0.6) is 0 Å². The lowest BCUT2D eigenvalue weighted by Crippen LogP contribution is -2.08. The van der Waals surface area contributed by atoms with Crippen LogP contribution in [-0.4, -0.2) is 33.2 Å². The van der Waals surface area contributed by atoms with Gasteiger partial charge in [-0.1, -0.05) is 5.16 Å². The van der Waals surface area contributed by atoms with E-state index in [0.29, 0.717) is 17.2 Å². The molecule has 1 aliphatic carbocycles.